The zero-order valence-electron chi connectivity index (χ0n) is 14.1. The Labute approximate surface area is 134 Å². The molecule has 3 N–H and O–H groups in total. The fourth-order valence-corrected chi connectivity index (χ4v) is 2.97. The lowest BCUT2D eigenvalue weighted by atomic mass is 10.1. The summed E-state index contributed by atoms with van der Waals surface area (Å²) in [5, 5.41) is 2.50. The molecule has 0 aliphatic carbocycles. The van der Waals surface area contributed by atoms with E-state index in [1.807, 2.05) is 0 Å². The molecule has 1 aliphatic rings. The van der Waals surface area contributed by atoms with E-state index in [4.69, 9.17) is 9.47 Å². The molecule has 22 heavy (non-hydrogen) atoms. The van der Waals surface area contributed by atoms with Gasteiger partial charge in [0.05, 0.1) is 39.5 Å². The van der Waals surface area contributed by atoms with Crippen molar-refractivity contribution in [2.45, 2.75) is 32.2 Å². The van der Waals surface area contributed by atoms with Crippen LogP contribution in [0.15, 0.2) is 24.3 Å². The number of methoxy groups -OCH3 is 1. The molecule has 1 fully saturated rings. The molecule has 0 amide bonds. The number of morpholine rings is 1. The third-order valence-electron chi connectivity index (χ3n) is 4.55. The van der Waals surface area contributed by atoms with Gasteiger partial charge in [0.2, 0.25) is 0 Å². The van der Waals surface area contributed by atoms with Gasteiger partial charge in [0.1, 0.15) is 18.8 Å². The number of quaternary nitrogens is 2. The fraction of sp³-hybridized carbons (Fsp3) is 0.667. The van der Waals surface area contributed by atoms with Crippen LogP contribution in [0.5, 0.6) is 5.75 Å². The van der Waals surface area contributed by atoms with Crippen molar-refractivity contribution in [3.05, 3.63) is 29.8 Å². The van der Waals surface area contributed by atoms with Crippen molar-refractivity contribution in [2.75, 3.05) is 46.5 Å². The second-order valence-corrected chi connectivity index (χ2v) is 6.35. The van der Waals surface area contributed by atoms with Gasteiger partial charge in [-0.05, 0) is 31.0 Å². The molecule has 1 heterocycles. The van der Waals surface area contributed by atoms with Crippen LogP contribution < -0.4 is 15.0 Å². The third kappa shape index (κ3) is 6.34. The van der Waals surface area contributed by atoms with Crippen LogP contribution in [0.4, 0.5) is 0 Å². The lowest BCUT2D eigenvalue weighted by Gasteiger charge is -2.23. The molecule has 4 nitrogen and oxygen atoms in total. The first-order chi connectivity index (χ1) is 10.8. The molecule has 1 aromatic rings. The molecule has 1 saturated heterocycles. The number of aryl methyl sites for hydroxylation is 1. The summed E-state index contributed by atoms with van der Waals surface area (Å²) in [5.74, 6) is 0.939. The Kier molecular flexibility index (Phi) is 7.71. The Bertz CT molecular complexity index is 402. The summed E-state index contributed by atoms with van der Waals surface area (Å²) in [5.41, 5.74) is 1.40. The maximum atomic E-state index is 5.40. The maximum Gasteiger partial charge on any atom is 0.118 e. The maximum absolute atomic E-state index is 5.40. The van der Waals surface area contributed by atoms with Gasteiger partial charge in [-0.1, -0.05) is 12.1 Å². The van der Waals surface area contributed by atoms with Crippen LogP contribution in [0.3, 0.4) is 0 Å². The lowest BCUT2D eigenvalue weighted by Crippen LogP contribution is -3.14. The molecule has 2 rings (SSSR count). The number of hydrogen-bond acceptors (Lipinski definition) is 2. The molecule has 1 atom stereocenters. The monoisotopic (exact) mass is 308 g/mol. The Morgan fingerprint density at radius 2 is 1.95 bits per heavy atom. The minimum Gasteiger partial charge on any atom is -0.497 e. The molecule has 124 valence electrons. The Morgan fingerprint density at radius 3 is 2.64 bits per heavy atom. The summed E-state index contributed by atoms with van der Waals surface area (Å²) >= 11 is 0. The second-order valence-electron chi connectivity index (χ2n) is 6.35. The molecular formula is C18H32N2O2+2. The number of nitrogens with two attached hydrogens (primary N) is 1. The molecule has 1 aromatic carbocycles. The zero-order chi connectivity index (χ0) is 15.6. The summed E-state index contributed by atoms with van der Waals surface area (Å²) in [6, 6.07) is 9.14. The molecule has 0 radical (unpaired) electrons. The minimum atomic E-state index is 0.696. The Morgan fingerprint density at radius 1 is 1.23 bits per heavy atom. The molecule has 0 bridgehead atoms. The fourth-order valence-electron chi connectivity index (χ4n) is 2.97. The third-order valence-corrected chi connectivity index (χ3v) is 4.55. The van der Waals surface area contributed by atoms with E-state index in [9.17, 15) is 0 Å². The van der Waals surface area contributed by atoms with Gasteiger partial charge in [-0.15, -0.1) is 0 Å². The molecule has 0 unspecified atom stereocenters. The van der Waals surface area contributed by atoms with Gasteiger partial charge in [-0.2, -0.15) is 0 Å². The first-order valence-corrected chi connectivity index (χ1v) is 8.65. The van der Waals surface area contributed by atoms with Gasteiger partial charge in [0, 0.05) is 12.8 Å². The number of benzene rings is 1. The van der Waals surface area contributed by atoms with Crippen LogP contribution in [-0.4, -0.2) is 52.5 Å². The summed E-state index contributed by atoms with van der Waals surface area (Å²) in [7, 11) is 1.71. The van der Waals surface area contributed by atoms with Crippen molar-refractivity contribution < 1.29 is 19.7 Å². The van der Waals surface area contributed by atoms with Crippen LogP contribution >= 0.6 is 0 Å². The van der Waals surface area contributed by atoms with Crippen molar-refractivity contribution in [1.82, 2.24) is 0 Å². The van der Waals surface area contributed by atoms with Crippen LogP contribution in [0, 0.1) is 0 Å². The van der Waals surface area contributed by atoms with Crippen molar-refractivity contribution in [3.63, 3.8) is 0 Å². The lowest BCUT2D eigenvalue weighted by molar-refractivity contribution is -0.909. The van der Waals surface area contributed by atoms with E-state index in [0.717, 1.165) is 25.4 Å². The molecular weight excluding hydrogens is 276 g/mol. The van der Waals surface area contributed by atoms with E-state index in [-0.39, 0.29) is 0 Å². The smallest absolute Gasteiger partial charge is 0.118 e. The van der Waals surface area contributed by atoms with E-state index < -0.39 is 0 Å². The van der Waals surface area contributed by atoms with Crippen molar-refractivity contribution in [3.8, 4) is 5.75 Å². The van der Waals surface area contributed by atoms with E-state index in [2.05, 4.69) is 36.5 Å². The average molecular weight is 308 g/mol. The summed E-state index contributed by atoms with van der Waals surface area (Å²) in [6.07, 6.45) is 3.69. The average Bonchev–Trinajstić information content (AvgIpc) is 2.58. The number of rotatable bonds is 9. The first kappa shape index (κ1) is 17.3. The zero-order valence-corrected chi connectivity index (χ0v) is 14.1. The SMILES string of the molecule is COc1ccc(CC[C@@H](C)[NH2+]CCC[NH+]2CCOCC2)cc1. The highest BCUT2D eigenvalue weighted by molar-refractivity contribution is 5.27. The van der Waals surface area contributed by atoms with Gasteiger partial charge in [-0.25, -0.2) is 0 Å². The van der Waals surface area contributed by atoms with Crippen LogP contribution in [0.25, 0.3) is 0 Å². The van der Waals surface area contributed by atoms with Gasteiger partial charge in [0.25, 0.3) is 0 Å². The molecule has 1 aliphatic heterocycles. The molecule has 0 saturated carbocycles. The van der Waals surface area contributed by atoms with Crippen LogP contribution in [-0.2, 0) is 11.2 Å². The number of hydrogen-bond donors (Lipinski definition) is 2. The Hall–Kier alpha value is -1.10. The molecule has 0 spiro atoms. The highest BCUT2D eigenvalue weighted by Gasteiger charge is 2.13. The van der Waals surface area contributed by atoms with Crippen molar-refractivity contribution >= 4 is 0 Å². The standard InChI is InChI=1S/C18H30N2O2/c1-16(4-5-17-6-8-18(21-2)9-7-17)19-10-3-11-20-12-14-22-15-13-20/h6-9,16,19H,3-5,10-15H2,1-2H3/p+2/t16-/m1/s1. The van der Waals surface area contributed by atoms with Gasteiger partial charge in [0.15, 0.2) is 0 Å². The van der Waals surface area contributed by atoms with E-state index in [1.165, 1.54) is 44.6 Å². The molecule has 4 heteroatoms. The normalized spacial score (nSPS) is 17.4. The predicted molar refractivity (Wildman–Crippen MR) is 88.6 cm³/mol. The minimum absolute atomic E-state index is 0.696. The Balaban J connectivity index is 1.54. The van der Waals surface area contributed by atoms with E-state index in [0.29, 0.717) is 6.04 Å². The van der Waals surface area contributed by atoms with Crippen molar-refractivity contribution in [1.29, 1.82) is 0 Å². The largest absolute Gasteiger partial charge is 0.497 e. The predicted octanol–water partition coefficient (Wildman–Crippen LogP) is -0.115. The number of ether oxygens (including phenoxy) is 2. The van der Waals surface area contributed by atoms with Crippen LogP contribution in [0.1, 0.15) is 25.3 Å². The summed E-state index contributed by atoms with van der Waals surface area (Å²) in [6.45, 7) is 9.14. The molecule has 0 aromatic heterocycles. The number of nitrogens with one attached hydrogen (secondary N) is 1. The van der Waals surface area contributed by atoms with Crippen LogP contribution in [0.2, 0.25) is 0 Å². The van der Waals surface area contributed by atoms with Crippen molar-refractivity contribution in [2.24, 2.45) is 0 Å². The topological polar surface area (TPSA) is 39.5 Å². The highest BCUT2D eigenvalue weighted by Crippen LogP contribution is 2.12. The van der Waals surface area contributed by atoms with Gasteiger partial charge < -0.3 is 19.7 Å². The summed E-state index contributed by atoms with van der Waals surface area (Å²) < 4.78 is 10.6. The first-order valence-electron chi connectivity index (χ1n) is 8.65. The second kappa shape index (κ2) is 9.82. The quantitative estimate of drug-likeness (QED) is 0.625. The van der Waals surface area contributed by atoms with E-state index in [1.54, 1.807) is 12.0 Å². The van der Waals surface area contributed by atoms with Gasteiger partial charge >= 0.3 is 0 Å². The highest BCUT2D eigenvalue weighted by atomic mass is 16.5. The summed E-state index contributed by atoms with van der Waals surface area (Å²) in [4.78, 5) is 1.71. The van der Waals surface area contributed by atoms with E-state index >= 15 is 0 Å². The van der Waals surface area contributed by atoms with Gasteiger partial charge in [-0.3, -0.25) is 0 Å².